The van der Waals surface area contributed by atoms with E-state index in [0.717, 1.165) is 12.0 Å². The molecule has 0 saturated carbocycles. The van der Waals surface area contributed by atoms with Crippen molar-refractivity contribution in [3.05, 3.63) is 35.9 Å². The van der Waals surface area contributed by atoms with E-state index in [1.54, 1.807) is 20.8 Å². The van der Waals surface area contributed by atoms with Gasteiger partial charge in [0.15, 0.2) is 0 Å². The van der Waals surface area contributed by atoms with Crippen LogP contribution in [0.3, 0.4) is 0 Å². The molecule has 27 heavy (non-hydrogen) atoms. The van der Waals surface area contributed by atoms with Crippen molar-refractivity contribution in [1.29, 1.82) is 0 Å². The number of alkyl carbamates (subject to hydrolysis) is 1. The second-order valence-electron chi connectivity index (χ2n) is 9.61. The van der Waals surface area contributed by atoms with Gasteiger partial charge in [-0.2, -0.15) is 0 Å². The number of hydrogen-bond acceptors (Lipinski definition) is 3. The molecule has 152 valence electrons. The first kappa shape index (κ1) is 23.0. The molecule has 0 heterocycles. The van der Waals surface area contributed by atoms with Gasteiger partial charge in [0.1, 0.15) is 11.6 Å². The van der Waals surface area contributed by atoms with Crippen LogP contribution in [0.1, 0.15) is 73.4 Å². The van der Waals surface area contributed by atoms with Crippen molar-refractivity contribution < 1.29 is 14.3 Å². The molecule has 0 spiro atoms. The molecule has 1 aromatic carbocycles. The number of hydrogen-bond donors (Lipinski definition) is 2. The highest BCUT2D eigenvalue weighted by Gasteiger charge is 2.29. The predicted molar refractivity (Wildman–Crippen MR) is 109 cm³/mol. The van der Waals surface area contributed by atoms with Crippen LogP contribution >= 0.6 is 0 Å². The average molecular weight is 377 g/mol. The van der Waals surface area contributed by atoms with E-state index in [1.807, 2.05) is 30.3 Å². The Morgan fingerprint density at radius 3 is 1.96 bits per heavy atom. The minimum atomic E-state index is -0.803. The van der Waals surface area contributed by atoms with Crippen molar-refractivity contribution in [3.8, 4) is 0 Å². The van der Waals surface area contributed by atoms with Gasteiger partial charge in [0.25, 0.3) is 0 Å². The molecule has 1 rings (SSSR count). The van der Waals surface area contributed by atoms with E-state index in [-0.39, 0.29) is 23.3 Å². The van der Waals surface area contributed by atoms with Crippen molar-refractivity contribution in [2.75, 3.05) is 0 Å². The van der Waals surface area contributed by atoms with Crippen molar-refractivity contribution >= 4 is 12.0 Å². The Morgan fingerprint density at radius 1 is 0.963 bits per heavy atom. The van der Waals surface area contributed by atoms with Crippen LogP contribution in [-0.2, 0) is 9.53 Å². The summed E-state index contributed by atoms with van der Waals surface area (Å²) in [7, 11) is 0. The van der Waals surface area contributed by atoms with Crippen LogP contribution in [0.15, 0.2) is 30.3 Å². The highest BCUT2D eigenvalue weighted by Crippen LogP contribution is 2.25. The maximum Gasteiger partial charge on any atom is 0.408 e. The topological polar surface area (TPSA) is 67.4 Å². The normalized spacial score (nSPS) is 14.4. The van der Waals surface area contributed by atoms with Crippen LogP contribution in [0.4, 0.5) is 4.79 Å². The third-order valence-electron chi connectivity index (χ3n) is 4.02. The van der Waals surface area contributed by atoms with E-state index < -0.39 is 17.7 Å². The number of carbonyl (C=O) groups excluding carboxylic acids is 2. The first-order valence-electron chi connectivity index (χ1n) is 9.63. The summed E-state index contributed by atoms with van der Waals surface area (Å²) in [4.78, 5) is 25.3. The zero-order valence-corrected chi connectivity index (χ0v) is 18.1. The third-order valence-corrected chi connectivity index (χ3v) is 4.02. The number of ether oxygens (including phenoxy) is 1. The molecular formula is C22H36N2O3. The van der Waals surface area contributed by atoms with Crippen LogP contribution in [0.25, 0.3) is 0 Å². The summed E-state index contributed by atoms with van der Waals surface area (Å²) in [6.07, 6.45) is 0.244. The molecule has 1 aromatic rings. The number of carbonyl (C=O) groups is 2. The summed E-state index contributed by atoms with van der Waals surface area (Å²) >= 11 is 0. The van der Waals surface area contributed by atoms with Gasteiger partial charge in [-0.3, -0.25) is 4.79 Å². The summed E-state index contributed by atoms with van der Waals surface area (Å²) < 4.78 is 5.34. The van der Waals surface area contributed by atoms with E-state index >= 15 is 0 Å². The quantitative estimate of drug-likeness (QED) is 0.747. The van der Waals surface area contributed by atoms with Crippen molar-refractivity contribution in [2.24, 2.45) is 11.3 Å². The van der Waals surface area contributed by atoms with Crippen LogP contribution in [0, 0.1) is 11.3 Å². The van der Waals surface area contributed by atoms with E-state index in [0.29, 0.717) is 0 Å². The molecule has 0 aliphatic carbocycles. The molecule has 0 aliphatic rings. The van der Waals surface area contributed by atoms with Gasteiger partial charge in [0.05, 0.1) is 0 Å². The minimum Gasteiger partial charge on any atom is -0.444 e. The molecule has 2 N–H and O–H groups in total. The second-order valence-corrected chi connectivity index (χ2v) is 9.61. The summed E-state index contributed by atoms with van der Waals surface area (Å²) in [6, 6.07) is 8.45. The third kappa shape index (κ3) is 8.94. The van der Waals surface area contributed by atoms with Crippen molar-refractivity contribution in [2.45, 2.75) is 79.5 Å². The SMILES string of the molecule is CC(C)[C@@H](CC(C)(C)C)NC(=O)[C@@H](NC(=O)OC(C)(C)C)c1ccccc1. The first-order valence-corrected chi connectivity index (χ1v) is 9.63. The van der Waals surface area contributed by atoms with Gasteiger partial charge < -0.3 is 15.4 Å². The van der Waals surface area contributed by atoms with Crippen molar-refractivity contribution in [3.63, 3.8) is 0 Å². The fraction of sp³-hybridized carbons (Fsp3) is 0.636. The summed E-state index contributed by atoms with van der Waals surface area (Å²) in [5, 5.41) is 5.85. The van der Waals surface area contributed by atoms with Gasteiger partial charge in [-0.15, -0.1) is 0 Å². The largest absolute Gasteiger partial charge is 0.444 e. The van der Waals surface area contributed by atoms with E-state index in [2.05, 4.69) is 45.3 Å². The van der Waals surface area contributed by atoms with Gasteiger partial charge >= 0.3 is 6.09 Å². The molecule has 2 amide bonds. The lowest BCUT2D eigenvalue weighted by molar-refractivity contribution is -0.124. The molecule has 0 unspecified atom stereocenters. The Balaban J connectivity index is 3.00. The van der Waals surface area contributed by atoms with E-state index in [4.69, 9.17) is 4.74 Å². The molecule has 0 saturated heterocycles. The molecule has 0 aromatic heterocycles. The zero-order valence-electron chi connectivity index (χ0n) is 18.1. The number of amides is 2. The monoisotopic (exact) mass is 376 g/mol. The fourth-order valence-electron chi connectivity index (χ4n) is 2.75. The number of rotatable bonds is 6. The van der Waals surface area contributed by atoms with Gasteiger partial charge in [-0.05, 0) is 44.1 Å². The summed E-state index contributed by atoms with van der Waals surface area (Å²) in [5.74, 6) is 0.0566. The summed E-state index contributed by atoms with van der Waals surface area (Å²) in [5.41, 5.74) is 0.177. The van der Waals surface area contributed by atoms with Gasteiger partial charge in [0.2, 0.25) is 5.91 Å². The molecule has 0 fully saturated rings. The van der Waals surface area contributed by atoms with Crippen molar-refractivity contribution in [1.82, 2.24) is 10.6 Å². The Hall–Kier alpha value is -2.04. The molecule has 0 radical (unpaired) electrons. The van der Waals surface area contributed by atoms with E-state index in [9.17, 15) is 9.59 Å². The Labute approximate surface area is 164 Å². The second kappa shape index (κ2) is 9.25. The standard InChI is InChI=1S/C22H36N2O3/c1-15(2)17(14-21(3,4)5)23-19(25)18(16-12-10-9-11-13-16)24-20(26)27-22(6,7)8/h9-13,15,17-18H,14H2,1-8H3,(H,23,25)(H,24,26)/t17-,18+/m1/s1. The Morgan fingerprint density at radius 2 is 1.52 bits per heavy atom. The molecule has 2 atom stereocenters. The Bertz CT molecular complexity index is 613. The number of nitrogens with one attached hydrogen (secondary N) is 2. The highest BCUT2D eigenvalue weighted by atomic mass is 16.6. The first-order chi connectivity index (χ1) is 12.3. The fourth-order valence-corrected chi connectivity index (χ4v) is 2.75. The van der Waals surface area contributed by atoms with Crippen LogP contribution < -0.4 is 10.6 Å². The van der Waals surface area contributed by atoms with Gasteiger partial charge in [0, 0.05) is 6.04 Å². The minimum absolute atomic E-state index is 0.0177. The lowest BCUT2D eigenvalue weighted by atomic mass is 9.84. The molecule has 5 heteroatoms. The molecule has 0 aliphatic heterocycles. The van der Waals surface area contributed by atoms with Gasteiger partial charge in [-0.1, -0.05) is 65.0 Å². The average Bonchev–Trinajstić information content (AvgIpc) is 2.49. The molecular weight excluding hydrogens is 340 g/mol. The predicted octanol–water partition coefficient (Wildman–Crippen LogP) is 4.83. The smallest absolute Gasteiger partial charge is 0.408 e. The van der Waals surface area contributed by atoms with Crippen LogP contribution in [-0.4, -0.2) is 23.6 Å². The molecule has 5 nitrogen and oxygen atoms in total. The zero-order chi connectivity index (χ0) is 20.8. The highest BCUT2D eigenvalue weighted by molar-refractivity contribution is 5.87. The van der Waals surface area contributed by atoms with Crippen LogP contribution in [0.2, 0.25) is 0 Å². The van der Waals surface area contributed by atoms with Gasteiger partial charge in [-0.25, -0.2) is 4.79 Å². The maximum absolute atomic E-state index is 13.1. The van der Waals surface area contributed by atoms with E-state index in [1.165, 1.54) is 0 Å². The summed E-state index contributed by atoms with van der Waals surface area (Å²) in [6.45, 7) is 16.0. The number of benzene rings is 1. The Kier molecular flexibility index (Phi) is 7.88. The lowest BCUT2D eigenvalue weighted by Crippen LogP contribution is -2.48. The molecule has 0 bridgehead atoms. The lowest BCUT2D eigenvalue weighted by Gasteiger charge is -2.31. The van der Waals surface area contributed by atoms with Crippen LogP contribution in [0.5, 0.6) is 0 Å². The maximum atomic E-state index is 13.1.